The van der Waals surface area contributed by atoms with Crippen molar-refractivity contribution in [1.82, 2.24) is 19.3 Å². The van der Waals surface area contributed by atoms with Gasteiger partial charge in [0.2, 0.25) is 11.9 Å². The van der Waals surface area contributed by atoms with E-state index in [0.717, 1.165) is 12.1 Å². The molecule has 1 aromatic carbocycles. The molecule has 180 valence electrons. The first-order valence-electron chi connectivity index (χ1n) is 11.0. The number of anilines is 1. The van der Waals surface area contributed by atoms with E-state index in [0.29, 0.717) is 54.4 Å². The van der Waals surface area contributed by atoms with Gasteiger partial charge < -0.3 is 25.5 Å². The van der Waals surface area contributed by atoms with E-state index in [1.807, 2.05) is 18.4 Å². The molecule has 1 aliphatic rings. The molecule has 0 aliphatic carbocycles. The Bertz CT molecular complexity index is 1260. The highest BCUT2D eigenvalue weighted by atomic mass is 16.5. The highest BCUT2D eigenvalue weighted by Crippen LogP contribution is 2.38. The fraction of sp³-hybridized carbons (Fsp3) is 0.409. The number of aromatic nitrogens is 4. The Morgan fingerprint density at radius 3 is 2.74 bits per heavy atom. The van der Waals surface area contributed by atoms with Crippen LogP contribution < -0.4 is 21.5 Å². The van der Waals surface area contributed by atoms with Crippen molar-refractivity contribution in [3.63, 3.8) is 0 Å². The first-order valence-corrected chi connectivity index (χ1v) is 11.0. The first-order chi connectivity index (χ1) is 16.3. The van der Waals surface area contributed by atoms with Gasteiger partial charge in [0.1, 0.15) is 23.6 Å². The van der Waals surface area contributed by atoms with Crippen LogP contribution in [0.2, 0.25) is 0 Å². The number of nitrogens with two attached hydrogens (primary N) is 2. The van der Waals surface area contributed by atoms with E-state index in [1.54, 1.807) is 22.9 Å². The fourth-order valence-corrected chi connectivity index (χ4v) is 4.15. The molecule has 1 atom stereocenters. The van der Waals surface area contributed by atoms with Gasteiger partial charge in [-0.2, -0.15) is 5.10 Å². The number of rotatable bonds is 9. The maximum Gasteiger partial charge on any atom is 0.404 e. The van der Waals surface area contributed by atoms with E-state index in [4.69, 9.17) is 20.9 Å². The molecule has 0 spiro atoms. The number of aryl methyl sites for hydroxylation is 2. The van der Waals surface area contributed by atoms with Crippen molar-refractivity contribution >= 4 is 34.9 Å². The molecule has 0 radical (unpaired) electrons. The number of nitrogens with one attached hydrogen (secondary N) is 1. The molecule has 3 heterocycles. The number of carbonyl (C=O) groups is 3. The molecule has 5 N–H and O–H groups in total. The van der Waals surface area contributed by atoms with Crippen molar-refractivity contribution in [3.05, 3.63) is 35.2 Å². The molecule has 0 unspecified atom stereocenters. The van der Waals surface area contributed by atoms with Gasteiger partial charge in [0, 0.05) is 12.1 Å². The Hall–Kier alpha value is -4.09. The molecular weight excluding hydrogens is 442 g/mol. The van der Waals surface area contributed by atoms with Gasteiger partial charge in [-0.15, -0.1) is 0 Å². The van der Waals surface area contributed by atoms with Crippen LogP contribution in [0.25, 0.3) is 11.0 Å². The summed E-state index contributed by atoms with van der Waals surface area (Å²) < 4.78 is 14.3. The Morgan fingerprint density at radius 1 is 1.24 bits per heavy atom. The minimum atomic E-state index is -0.803. The van der Waals surface area contributed by atoms with Crippen LogP contribution in [0, 0.1) is 6.92 Å². The molecule has 34 heavy (non-hydrogen) atoms. The van der Waals surface area contributed by atoms with E-state index in [1.165, 1.54) is 0 Å². The quantitative estimate of drug-likeness (QED) is 0.403. The number of ether oxygens (including phenoxy) is 2. The fourth-order valence-electron chi connectivity index (χ4n) is 4.15. The average Bonchev–Trinajstić information content (AvgIpc) is 3.35. The van der Waals surface area contributed by atoms with Crippen LogP contribution in [-0.4, -0.2) is 50.5 Å². The highest BCUT2D eigenvalue weighted by Gasteiger charge is 2.29. The number of hydrogen-bond acceptors (Lipinski definition) is 7. The van der Waals surface area contributed by atoms with Crippen LogP contribution in [0.15, 0.2) is 18.2 Å². The van der Waals surface area contributed by atoms with Crippen molar-refractivity contribution in [2.24, 2.45) is 11.5 Å². The molecule has 4 rings (SSSR count). The summed E-state index contributed by atoms with van der Waals surface area (Å²) in [6.07, 6.45) is 1.23. The molecule has 0 bridgehead atoms. The van der Waals surface area contributed by atoms with Crippen molar-refractivity contribution in [3.8, 4) is 5.75 Å². The normalized spacial score (nSPS) is 14.6. The molecule has 12 heteroatoms. The second-order valence-corrected chi connectivity index (χ2v) is 8.08. The van der Waals surface area contributed by atoms with Crippen LogP contribution in [0.5, 0.6) is 5.75 Å². The number of primary amides is 2. The summed E-state index contributed by atoms with van der Waals surface area (Å²) in [5, 5.41) is 7.24. The van der Waals surface area contributed by atoms with Gasteiger partial charge in [0.15, 0.2) is 0 Å². The maximum atomic E-state index is 13.1. The zero-order valence-electron chi connectivity index (χ0n) is 19.0. The van der Waals surface area contributed by atoms with Crippen molar-refractivity contribution in [2.75, 3.05) is 18.5 Å². The second kappa shape index (κ2) is 9.41. The van der Waals surface area contributed by atoms with E-state index in [9.17, 15) is 14.4 Å². The Kier molecular flexibility index (Phi) is 6.39. The van der Waals surface area contributed by atoms with Crippen molar-refractivity contribution in [2.45, 2.75) is 45.7 Å². The topological polar surface area (TPSA) is 169 Å². The third-order valence-corrected chi connectivity index (χ3v) is 5.67. The van der Waals surface area contributed by atoms with E-state index in [2.05, 4.69) is 15.4 Å². The summed E-state index contributed by atoms with van der Waals surface area (Å²) in [4.78, 5) is 40.3. The molecule has 1 aliphatic heterocycles. The van der Waals surface area contributed by atoms with Gasteiger partial charge >= 0.3 is 6.09 Å². The van der Waals surface area contributed by atoms with Crippen LogP contribution in [0.4, 0.5) is 10.7 Å². The van der Waals surface area contributed by atoms with Crippen molar-refractivity contribution < 1.29 is 23.9 Å². The van der Waals surface area contributed by atoms with Gasteiger partial charge in [-0.3, -0.25) is 19.6 Å². The third-order valence-electron chi connectivity index (χ3n) is 5.67. The van der Waals surface area contributed by atoms with Crippen LogP contribution in [-0.2, 0) is 11.3 Å². The predicted molar refractivity (Wildman–Crippen MR) is 123 cm³/mol. The van der Waals surface area contributed by atoms with Crippen LogP contribution in [0.3, 0.4) is 0 Å². The summed E-state index contributed by atoms with van der Waals surface area (Å²) in [7, 11) is 0. The summed E-state index contributed by atoms with van der Waals surface area (Å²) in [6.45, 7) is 4.81. The molecule has 2 aromatic heterocycles. The smallest absolute Gasteiger partial charge is 0.404 e. The zero-order valence-corrected chi connectivity index (χ0v) is 19.0. The van der Waals surface area contributed by atoms with Crippen molar-refractivity contribution in [1.29, 1.82) is 0 Å². The van der Waals surface area contributed by atoms with Gasteiger partial charge in [0.25, 0.3) is 5.91 Å². The number of hydrogen-bond donors (Lipinski definition) is 3. The number of benzene rings is 1. The van der Waals surface area contributed by atoms with Crippen LogP contribution >= 0.6 is 0 Å². The summed E-state index contributed by atoms with van der Waals surface area (Å²) in [6, 6.07) is 4.74. The molecule has 0 saturated carbocycles. The first kappa shape index (κ1) is 23.1. The zero-order chi connectivity index (χ0) is 24.4. The van der Waals surface area contributed by atoms with Crippen LogP contribution in [0.1, 0.15) is 58.8 Å². The standard InChI is InChI=1S/C22H27N7O5/c1-3-28-16(8-12(2)27-28)20(31)26-22-25-15-9-13(19(23)30)10-17-18(15)29(22)14(11-34-17)6-4-5-7-33-21(24)32/h8-10,14H,3-7,11H2,1-2H3,(H2,23,30)(H2,24,32)(H,25,26,31)/t14-/m0/s1. The van der Waals surface area contributed by atoms with Gasteiger partial charge in [-0.05, 0) is 51.3 Å². The molecular formula is C22H27N7O5. The number of imidazole rings is 1. The SMILES string of the molecule is CCn1nc(C)cc1C(=O)Nc1nc2cc(C(N)=O)cc3c2n1[C@@H](CCCCOC(N)=O)CO3. The molecule has 12 nitrogen and oxygen atoms in total. The summed E-state index contributed by atoms with van der Waals surface area (Å²) in [5.74, 6) is -0.125. The van der Waals surface area contributed by atoms with Gasteiger partial charge in [-0.25, -0.2) is 9.78 Å². The minimum absolute atomic E-state index is 0.140. The lowest BCUT2D eigenvalue weighted by molar-refractivity contribution is 0.0995. The lowest BCUT2D eigenvalue weighted by Crippen LogP contribution is -2.26. The largest absolute Gasteiger partial charge is 0.489 e. The van der Waals surface area contributed by atoms with E-state index >= 15 is 0 Å². The van der Waals surface area contributed by atoms with E-state index < -0.39 is 12.0 Å². The molecule has 3 aromatic rings. The Labute approximate surface area is 195 Å². The lowest BCUT2D eigenvalue weighted by atomic mass is 10.1. The predicted octanol–water partition coefficient (Wildman–Crippen LogP) is 2.11. The second-order valence-electron chi connectivity index (χ2n) is 8.08. The Morgan fingerprint density at radius 2 is 2.03 bits per heavy atom. The summed E-state index contributed by atoms with van der Waals surface area (Å²) >= 11 is 0. The molecule has 3 amide bonds. The number of unbranched alkanes of at least 4 members (excludes halogenated alkanes) is 1. The molecule has 0 saturated heterocycles. The third kappa shape index (κ3) is 4.51. The minimum Gasteiger partial charge on any atom is -0.489 e. The molecule has 0 fully saturated rings. The summed E-state index contributed by atoms with van der Waals surface area (Å²) in [5.41, 5.74) is 13.1. The van der Waals surface area contributed by atoms with E-state index in [-0.39, 0.29) is 24.1 Å². The Balaban J connectivity index is 1.67. The van der Waals surface area contributed by atoms with Gasteiger partial charge in [-0.1, -0.05) is 0 Å². The number of amides is 3. The lowest BCUT2D eigenvalue weighted by Gasteiger charge is -2.27. The maximum absolute atomic E-state index is 13.1. The monoisotopic (exact) mass is 469 g/mol. The number of carbonyl (C=O) groups excluding carboxylic acids is 3. The highest BCUT2D eigenvalue weighted by molar-refractivity contribution is 6.04. The van der Waals surface area contributed by atoms with Gasteiger partial charge in [0.05, 0.1) is 23.9 Å². The average molecular weight is 470 g/mol. The number of nitrogens with zero attached hydrogens (tertiary/aromatic N) is 4.